The average Bonchev–Trinajstić information content (AvgIpc) is 3.42. The van der Waals surface area contributed by atoms with E-state index in [1.54, 1.807) is 17.0 Å². The number of primary sulfonamides is 1. The summed E-state index contributed by atoms with van der Waals surface area (Å²) >= 11 is 0. The van der Waals surface area contributed by atoms with Crippen molar-refractivity contribution in [2.75, 3.05) is 36.0 Å². The van der Waals surface area contributed by atoms with Gasteiger partial charge in [0.1, 0.15) is 0 Å². The predicted octanol–water partition coefficient (Wildman–Crippen LogP) is 2.70. The van der Waals surface area contributed by atoms with E-state index in [9.17, 15) is 18.3 Å². The molecule has 3 aliphatic heterocycles. The van der Waals surface area contributed by atoms with Crippen molar-refractivity contribution in [3.05, 3.63) is 89.5 Å². The van der Waals surface area contributed by atoms with Crippen LogP contribution in [0.15, 0.2) is 77.7 Å². The zero-order valence-electron chi connectivity index (χ0n) is 21.1. The highest BCUT2D eigenvalue weighted by atomic mass is 32.2. The molecule has 2 fully saturated rings. The molecule has 1 unspecified atom stereocenters. The molecule has 3 heterocycles. The Kier molecular flexibility index (Phi) is 6.07. The molecule has 1 atom stereocenters. The zero-order valence-corrected chi connectivity index (χ0v) is 22.0. The number of carbonyl (C=O) groups is 1. The number of hydrogen-bond donors (Lipinski definition) is 3. The van der Waals surface area contributed by atoms with Crippen LogP contribution in [0.3, 0.4) is 0 Å². The molecule has 4 N–H and O–H groups in total. The lowest BCUT2D eigenvalue weighted by Gasteiger charge is -2.34. The largest absolute Gasteiger partial charge is 0.372 e. The first-order valence-electron chi connectivity index (χ1n) is 13.0. The topological polar surface area (TPSA) is 116 Å². The molecule has 0 bridgehead atoms. The summed E-state index contributed by atoms with van der Waals surface area (Å²) in [6.07, 6.45) is 3.68. The van der Waals surface area contributed by atoms with E-state index in [0.29, 0.717) is 28.8 Å². The first kappa shape index (κ1) is 25.1. The van der Waals surface area contributed by atoms with Crippen LogP contribution in [0.1, 0.15) is 36.0 Å². The number of para-hydroxylation sites is 1. The number of aliphatic hydroxyl groups is 1. The van der Waals surface area contributed by atoms with Crippen LogP contribution in [0.4, 0.5) is 11.4 Å². The van der Waals surface area contributed by atoms with Crippen LogP contribution in [-0.2, 0) is 27.0 Å². The van der Waals surface area contributed by atoms with Gasteiger partial charge < -0.3 is 20.2 Å². The van der Waals surface area contributed by atoms with Gasteiger partial charge in [-0.2, -0.15) is 0 Å². The monoisotopic (exact) mass is 532 g/mol. The normalized spacial score (nSPS) is 22.7. The number of fused-ring (bicyclic) bond motifs is 1. The lowest BCUT2D eigenvalue weighted by atomic mass is 9.78. The third-order valence-electron chi connectivity index (χ3n) is 8.48. The summed E-state index contributed by atoms with van der Waals surface area (Å²) in [5, 5.41) is 20.4. The smallest absolute Gasteiger partial charge is 0.268 e. The molecule has 0 radical (unpaired) electrons. The van der Waals surface area contributed by atoms with Gasteiger partial charge in [-0.25, -0.2) is 13.6 Å². The van der Waals surface area contributed by atoms with Crippen molar-refractivity contribution in [1.29, 1.82) is 0 Å². The maximum absolute atomic E-state index is 13.7. The highest BCUT2D eigenvalue weighted by molar-refractivity contribution is 7.89. The molecular weight excluding hydrogens is 500 g/mol. The van der Waals surface area contributed by atoms with Crippen molar-refractivity contribution >= 4 is 27.3 Å². The van der Waals surface area contributed by atoms with Crippen LogP contribution < -0.4 is 20.3 Å². The van der Waals surface area contributed by atoms with Gasteiger partial charge in [-0.3, -0.25) is 4.79 Å². The first-order chi connectivity index (χ1) is 18.2. The maximum Gasteiger partial charge on any atom is 0.268 e. The van der Waals surface area contributed by atoms with Crippen molar-refractivity contribution in [3.8, 4) is 0 Å². The fourth-order valence-corrected chi connectivity index (χ4v) is 6.79. The fraction of sp³-hybridized carbons (Fsp3) is 0.345. The lowest BCUT2D eigenvalue weighted by Crippen LogP contribution is -2.41. The Morgan fingerprint density at radius 1 is 0.921 bits per heavy atom. The van der Waals surface area contributed by atoms with Crippen molar-refractivity contribution in [2.24, 2.45) is 10.6 Å². The van der Waals surface area contributed by atoms with Crippen LogP contribution >= 0.6 is 0 Å². The predicted molar refractivity (Wildman–Crippen MR) is 146 cm³/mol. The Hall–Kier alpha value is -3.24. The quantitative estimate of drug-likeness (QED) is 0.465. The fourth-order valence-electron chi connectivity index (χ4n) is 6.27. The van der Waals surface area contributed by atoms with Gasteiger partial charge in [-0.1, -0.05) is 42.5 Å². The number of piperidine rings is 1. The molecule has 3 aromatic carbocycles. The lowest BCUT2D eigenvalue weighted by molar-refractivity contribution is -0.132. The third-order valence-corrected chi connectivity index (χ3v) is 9.41. The molecule has 3 aliphatic rings. The summed E-state index contributed by atoms with van der Waals surface area (Å²) < 4.78 is 23.4. The molecule has 6 rings (SSSR count). The van der Waals surface area contributed by atoms with Gasteiger partial charge in [0.2, 0.25) is 10.0 Å². The van der Waals surface area contributed by atoms with E-state index >= 15 is 0 Å². The molecule has 198 valence electrons. The molecule has 1 amide bonds. The summed E-state index contributed by atoms with van der Waals surface area (Å²) in [6.45, 7) is 4.66. The molecular formula is C29H32N4O4S. The molecule has 0 saturated carbocycles. The van der Waals surface area contributed by atoms with Crippen LogP contribution in [0, 0.1) is 5.41 Å². The minimum atomic E-state index is -3.89. The minimum absolute atomic E-state index is 0.0791. The second-order valence-corrected chi connectivity index (χ2v) is 12.3. The van der Waals surface area contributed by atoms with Gasteiger partial charge >= 0.3 is 0 Å². The standard InChI is InChI=1S/C29H32N4O4S/c30-38(36,37)24-11-7-22(8-12-24)29(35)25-3-1-2-4-26(25)33(27(29)34)19-21-5-9-23(10-6-21)32-18-15-28(20-32)13-16-31-17-14-28/h1-12,31,35H,13-20H2,(H2,30,36,37). The second kappa shape index (κ2) is 9.20. The zero-order chi connectivity index (χ0) is 26.5. The third kappa shape index (κ3) is 4.19. The van der Waals surface area contributed by atoms with E-state index in [2.05, 4.69) is 34.5 Å². The summed E-state index contributed by atoms with van der Waals surface area (Å²) in [5.74, 6) is -0.474. The van der Waals surface area contributed by atoms with Crippen molar-refractivity contribution < 1.29 is 18.3 Å². The Bertz CT molecular complexity index is 1470. The van der Waals surface area contributed by atoms with Gasteiger partial charge in [-0.05, 0) is 79.2 Å². The Morgan fingerprint density at radius 2 is 1.61 bits per heavy atom. The Balaban J connectivity index is 1.24. The van der Waals surface area contributed by atoms with E-state index in [4.69, 9.17) is 5.14 Å². The van der Waals surface area contributed by atoms with E-state index in [-0.39, 0.29) is 4.90 Å². The first-order valence-corrected chi connectivity index (χ1v) is 14.6. The number of amides is 1. The van der Waals surface area contributed by atoms with Gasteiger partial charge in [0.05, 0.1) is 17.1 Å². The number of hydrogen-bond acceptors (Lipinski definition) is 6. The van der Waals surface area contributed by atoms with Gasteiger partial charge in [0, 0.05) is 24.3 Å². The second-order valence-electron chi connectivity index (χ2n) is 10.8. The maximum atomic E-state index is 13.7. The molecule has 2 saturated heterocycles. The van der Waals surface area contributed by atoms with E-state index < -0.39 is 21.5 Å². The van der Waals surface area contributed by atoms with E-state index in [1.807, 2.05) is 12.1 Å². The van der Waals surface area contributed by atoms with Gasteiger partial charge in [0.15, 0.2) is 5.60 Å². The molecule has 38 heavy (non-hydrogen) atoms. The van der Waals surface area contributed by atoms with E-state index in [1.165, 1.54) is 49.2 Å². The van der Waals surface area contributed by atoms with Crippen LogP contribution in [0.2, 0.25) is 0 Å². The number of rotatable bonds is 5. The number of sulfonamides is 1. The number of nitrogens with zero attached hydrogens (tertiary/aromatic N) is 2. The van der Waals surface area contributed by atoms with E-state index in [0.717, 1.165) is 31.7 Å². The summed E-state index contributed by atoms with van der Waals surface area (Å²) in [7, 11) is -3.89. The Labute approximate surface area is 223 Å². The SMILES string of the molecule is NS(=O)(=O)c1ccc(C2(O)C(=O)N(Cc3ccc(N4CCC5(CCNCC5)C4)cc3)c3ccccc32)cc1. The molecule has 3 aromatic rings. The molecule has 0 aliphatic carbocycles. The number of carbonyl (C=O) groups excluding carboxylic acids is 1. The molecule has 8 nitrogen and oxygen atoms in total. The summed E-state index contributed by atoms with van der Waals surface area (Å²) in [4.78, 5) is 17.7. The van der Waals surface area contributed by atoms with Gasteiger partial charge in [-0.15, -0.1) is 0 Å². The highest BCUT2D eigenvalue weighted by Crippen LogP contribution is 2.45. The number of nitrogens with two attached hydrogens (primary N) is 1. The number of nitrogens with one attached hydrogen (secondary N) is 1. The Morgan fingerprint density at radius 3 is 2.29 bits per heavy atom. The van der Waals surface area contributed by atoms with Crippen molar-refractivity contribution in [3.63, 3.8) is 0 Å². The molecule has 0 aromatic heterocycles. The average molecular weight is 533 g/mol. The van der Waals surface area contributed by atoms with Gasteiger partial charge in [0.25, 0.3) is 5.91 Å². The summed E-state index contributed by atoms with van der Waals surface area (Å²) in [5.41, 5.74) is 2.05. The van der Waals surface area contributed by atoms with Crippen LogP contribution in [-0.4, -0.2) is 45.6 Å². The molecule has 1 spiro atoms. The molecule has 9 heteroatoms. The minimum Gasteiger partial charge on any atom is -0.372 e. The van der Waals surface area contributed by atoms with Crippen LogP contribution in [0.25, 0.3) is 0 Å². The van der Waals surface area contributed by atoms with Crippen LogP contribution in [0.5, 0.6) is 0 Å². The highest BCUT2D eigenvalue weighted by Gasteiger charge is 2.51. The number of anilines is 2. The van der Waals surface area contributed by atoms with Crippen molar-refractivity contribution in [2.45, 2.75) is 36.3 Å². The van der Waals surface area contributed by atoms with Crippen molar-refractivity contribution in [1.82, 2.24) is 5.32 Å². The summed E-state index contributed by atoms with van der Waals surface area (Å²) in [6, 6.07) is 21.0. The number of benzene rings is 3.